The maximum absolute atomic E-state index is 8.58. The van der Waals surface area contributed by atoms with E-state index in [4.69, 9.17) is 9.84 Å². The maximum atomic E-state index is 8.58. The maximum Gasteiger partial charge on any atom is 0.104 e. The standard InChI is InChI=1S/C13H18O2S/c1-10(2)11(3)15-8-13-7-12(9-16-13)5-4-6-14/h7,9-11,14H,6,8H2,1-3H3. The predicted octanol–water partition coefficient (Wildman–Crippen LogP) is 2.65. The summed E-state index contributed by atoms with van der Waals surface area (Å²) in [4.78, 5) is 1.18. The van der Waals surface area contributed by atoms with Crippen LogP contribution in [0.3, 0.4) is 0 Å². The third-order valence-electron chi connectivity index (χ3n) is 2.39. The molecule has 1 atom stereocenters. The predicted molar refractivity (Wildman–Crippen MR) is 67.4 cm³/mol. The highest BCUT2D eigenvalue weighted by Gasteiger charge is 2.07. The summed E-state index contributed by atoms with van der Waals surface area (Å²) >= 11 is 1.64. The molecule has 1 N–H and O–H groups in total. The normalized spacial score (nSPS) is 12.3. The Bertz CT molecular complexity index is 371. The minimum absolute atomic E-state index is 0.0912. The van der Waals surface area contributed by atoms with Gasteiger partial charge in [0.2, 0.25) is 0 Å². The van der Waals surface area contributed by atoms with Crippen LogP contribution in [0, 0.1) is 17.8 Å². The molecule has 1 heterocycles. The average Bonchev–Trinajstić information content (AvgIpc) is 2.70. The van der Waals surface area contributed by atoms with E-state index < -0.39 is 0 Å². The van der Waals surface area contributed by atoms with Gasteiger partial charge in [-0.3, -0.25) is 0 Å². The lowest BCUT2D eigenvalue weighted by Crippen LogP contribution is -2.14. The summed E-state index contributed by atoms with van der Waals surface area (Å²) in [5, 5.41) is 10.6. The van der Waals surface area contributed by atoms with Crippen molar-refractivity contribution in [2.45, 2.75) is 33.5 Å². The van der Waals surface area contributed by atoms with Crippen molar-refractivity contribution in [2.75, 3.05) is 6.61 Å². The molecule has 16 heavy (non-hydrogen) atoms. The number of aliphatic hydroxyl groups excluding tert-OH is 1. The van der Waals surface area contributed by atoms with Crippen LogP contribution in [0.4, 0.5) is 0 Å². The van der Waals surface area contributed by atoms with Gasteiger partial charge < -0.3 is 9.84 Å². The second-order valence-corrected chi connectivity index (χ2v) is 5.02. The Balaban J connectivity index is 2.46. The minimum Gasteiger partial charge on any atom is -0.384 e. The molecule has 3 heteroatoms. The minimum atomic E-state index is -0.0912. The third kappa shape index (κ3) is 4.36. The van der Waals surface area contributed by atoms with Crippen molar-refractivity contribution < 1.29 is 9.84 Å². The van der Waals surface area contributed by atoms with E-state index in [0.717, 1.165) is 5.56 Å². The zero-order valence-corrected chi connectivity index (χ0v) is 10.8. The van der Waals surface area contributed by atoms with Crippen molar-refractivity contribution >= 4 is 11.3 Å². The van der Waals surface area contributed by atoms with Crippen LogP contribution < -0.4 is 0 Å². The Morgan fingerprint density at radius 3 is 2.81 bits per heavy atom. The molecule has 0 aliphatic carbocycles. The Hall–Kier alpha value is -0.820. The van der Waals surface area contributed by atoms with Crippen molar-refractivity contribution in [3.63, 3.8) is 0 Å². The molecule has 1 unspecified atom stereocenters. The number of ether oxygens (including phenoxy) is 1. The number of hydrogen-bond acceptors (Lipinski definition) is 3. The van der Waals surface area contributed by atoms with Crippen LogP contribution >= 0.6 is 11.3 Å². The molecule has 0 radical (unpaired) electrons. The van der Waals surface area contributed by atoms with Gasteiger partial charge in [0, 0.05) is 15.8 Å². The second kappa shape index (κ2) is 6.70. The molecular weight excluding hydrogens is 220 g/mol. The van der Waals surface area contributed by atoms with E-state index in [0.29, 0.717) is 12.5 Å². The molecular formula is C13H18O2S. The molecule has 0 aliphatic rings. The van der Waals surface area contributed by atoms with Crippen molar-refractivity contribution in [1.29, 1.82) is 0 Å². The van der Waals surface area contributed by atoms with E-state index in [2.05, 4.69) is 32.6 Å². The summed E-state index contributed by atoms with van der Waals surface area (Å²) in [7, 11) is 0. The fourth-order valence-corrected chi connectivity index (χ4v) is 1.81. The van der Waals surface area contributed by atoms with E-state index in [1.165, 1.54) is 4.88 Å². The van der Waals surface area contributed by atoms with Crippen LogP contribution in [-0.2, 0) is 11.3 Å². The second-order valence-electron chi connectivity index (χ2n) is 4.02. The zero-order valence-electron chi connectivity index (χ0n) is 9.99. The molecule has 2 nitrogen and oxygen atoms in total. The number of hydrogen-bond donors (Lipinski definition) is 1. The first-order chi connectivity index (χ1) is 7.63. The van der Waals surface area contributed by atoms with Gasteiger partial charge in [-0.2, -0.15) is 0 Å². The summed E-state index contributed by atoms with van der Waals surface area (Å²) in [6.07, 6.45) is 0.272. The first-order valence-corrected chi connectivity index (χ1v) is 6.30. The number of rotatable bonds is 4. The van der Waals surface area contributed by atoms with Gasteiger partial charge in [-0.25, -0.2) is 0 Å². The summed E-state index contributed by atoms with van der Waals surface area (Å²) in [6, 6.07) is 2.01. The average molecular weight is 238 g/mol. The van der Waals surface area contributed by atoms with Crippen molar-refractivity contribution in [1.82, 2.24) is 0 Å². The van der Waals surface area contributed by atoms with Crippen LogP contribution in [0.25, 0.3) is 0 Å². The zero-order chi connectivity index (χ0) is 12.0. The van der Waals surface area contributed by atoms with Crippen LogP contribution in [-0.4, -0.2) is 17.8 Å². The van der Waals surface area contributed by atoms with Gasteiger partial charge >= 0.3 is 0 Å². The van der Waals surface area contributed by atoms with E-state index in [-0.39, 0.29) is 12.7 Å². The van der Waals surface area contributed by atoms with Gasteiger partial charge in [0.15, 0.2) is 0 Å². The number of thiophene rings is 1. The van der Waals surface area contributed by atoms with Gasteiger partial charge in [0.1, 0.15) is 6.61 Å². The third-order valence-corrected chi connectivity index (χ3v) is 3.30. The molecule has 1 rings (SSSR count). The summed E-state index contributed by atoms with van der Waals surface area (Å²) in [6.45, 7) is 6.94. The quantitative estimate of drug-likeness (QED) is 0.817. The van der Waals surface area contributed by atoms with Gasteiger partial charge in [0.05, 0.1) is 12.7 Å². The molecule has 0 aromatic carbocycles. The van der Waals surface area contributed by atoms with Crippen molar-refractivity contribution in [2.24, 2.45) is 5.92 Å². The SMILES string of the molecule is CC(C)C(C)OCc1cc(C#CCO)cs1. The highest BCUT2D eigenvalue weighted by Crippen LogP contribution is 2.17. The first kappa shape index (κ1) is 13.2. The van der Waals surface area contributed by atoms with E-state index in [1.807, 2.05) is 11.4 Å². The van der Waals surface area contributed by atoms with Gasteiger partial charge in [-0.1, -0.05) is 25.7 Å². The largest absolute Gasteiger partial charge is 0.384 e. The van der Waals surface area contributed by atoms with Crippen LogP contribution in [0.2, 0.25) is 0 Å². The number of aliphatic hydroxyl groups is 1. The van der Waals surface area contributed by atoms with Crippen LogP contribution in [0.15, 0.2) is 11.4 Å². The lowest BCUT2D eigenvalue weighted by molar-refractivity contribution is 0.0249. The smallest absolute Gasteiger partial charge is 0.104 e. The van der Waals surface area contributed by atoms with Gasteiger partial charge in [0.25, 0.3) is 0 Å². The fourth-order valence-electron chi connectivity index (χ4n) is 1.07. The Kier molecular flexibility index (Phi) is 5.54. The van der Waals surface area contributed by atoms with Crippen LogP contribution in [0.1, 0.15) is 31.2 Å². The lowest BCUT2D eigenvalue weighted by Gasteiger charge is -2.15. The molecule has 0 bridgehead atoms. The van der Waals surface area contributed by atoms with Gasteiger partial charge in [-0.05, 0) is 18.9 Å². The summed E-state index contributed by atoms with van der Waals surface area (Å²) in [5.74, 6) is 6.05. The highest BCUT2D eigenvalue weighted by atomic mass is 32.1. The molecule has 1 aromatic heterocycles. The van der Waals surface area contributed by atoms with E-state index >= 15 is 0 Å². The fraction of sp³-hybridized carbons (Fsp3) is 0.538. The monoisotopic (exact) mass is 238 g/mol. The molecule has 88 valence electrons. The van der Waals surface area contributed by atoms with Crippen LogP contribution in [0.5, 0.6) is 0 Å². The molecule has 1 aromatic rings. The van der Waals surface area contributed by atoms with Gasteiger partial charge in [-0.15, -0.1) is 11.3 Å². The lowest BCUT2D eigenvalue weighted by atomic mass is 10.1. The van der Waals surface area contributed by atoms with E-state index in [1.54, 1.807) is 11.3 Å². The van der Waals surface area contributed by atoms with E-state index in [9.17, 15) is 0 Å². The molecule has 0 spiro atoms. The Morgan fingerprint density at radius 1 is 1.44 bits per heavy atom. The van der Waals surface area contributed by atoms with Crippen molar-refractivity contribution in [3.05, 3.63) is 21.9 Å². The molecule has 0 saturated heterocycles. The summed E-state index contributed by atoms with van der Waals surface area (Å²) < 4.78 is 5.72. The molecule has 0 aliphatic heterocycles. The summed E-state index contributed by atoms with van der Waals surface area (Å²) in [5.41, 5.74) is 0.954. The highest BCUT2D eigenvalue weighted by molar-refractivity contribution is 7.10. The Morgan fingerprint density at radius 2 is 2.19 bits per heavy atom. The molecule has 0 fully saturated rings. The Labute approximate surface area is 101 Å². The van der Waals surface area contributed by atoms with Crippen molar-refractivity contribution in [3.8, 4) is 11.8 Å². The molecule has 0 saturated carbocycles. The molecule has 0 amide bonds. The topological polar surface area (TPSA) is 29.5 Å². The first-order valence-electron chi connectivity index (χ1n) is 5.42.